The molecule has 0 spiro atoms. The van der Waals surface area contributed by atoms with E-state index in [1.54, 1.807) is 31.3 Å². The third-order valence-corrected chi connectivity index (χ3v) is 2.15. The summed E-state index contributed by atoms with van der Waals surface area (Å²) in [7, 11) is 0. The Morgan fingerprint density at radius 3 is 2.56 bits per heavy atom. The molecule has 1 aromatic carbocycles. The number of carbonyl (C=O) groups excluding carboxylic acids is 1. The van der Waals surface area contributed by atoms with E-state index in [-0.39, 0.29) is 5.97 Å². The van der Waals surface area contributed by atoms with E-state index in [0.29, 0.717) is 12.2 Å². The molecule has 2 N–H and O–H groups in total. The molecule has 1 heterocycles. The number of esters is 1. The van der Waals surface area contributed by atoms with Crippen LogP contribution in [0.5, 0.6) is 0 Å². The van der Waals surface area contributed by atoms with Gasteiger partial charge < -0.3 is 14.8 Å². The van der Waals surface area contributed by atoms with Crippen molar-refractivity contribution in [2.75, 3.05) is 6.61 Å². The maximum Gasteiger partial charge on any atom is 0.335 e. The average molecular weight is 249 g/mol. The van der Waals surface area contributed by atoms with Crippen LogP contribution in [-0.2, 0) is 9.53 Å². The normalized spacial score (nSPS) is 9.44. The van der Waals surface area contributed by atoms with Crippen LogP contribution >= 0.6 is 0 Å². The number of carboxylic acid groups (broad SMARTS) is 1. The van der Waals surface area contributed by atoms with E-state index in [1.807, 2.05) is 6.07 Å². The first-order valence-electron chi connectivity index (χ1n) is 5.48. The maximum atomic E-state index is 10.6. The average Bonchev–Trinajstić information content (AvgIpc) is 2.76. The van der Waals surface area contributed by atoms with Crippen LogP contribution in [0.4, 0.5) is 0 Å². The number of ether oxygens (including phenoxy) is 1. The topological polar surface area (TPSA) is 79.4 Å². The third kappa shape index (κ3) is 3.93. The summed E-state index contributed by atoms with van der Waals surface area (Å²) in [6.07, 6.45) is 1.79. The second-order valence-electron chi connectivity index (χ2n) is 3.51. The van der Waals surface area contributed by atoms with Crippen LogP contribution in [0.15, 0.2) is 30.5 Å². The number of nitrogens with one attached hydrogen (secondary N) is 1. The van der Waals surface area contributed by atoms with Crippen LogP contribution in [0.2, 0.25) is 0 Å². The number of hydrogen-bond acceptors (Lipinski definition) is 3. The highest BCUT2D eigenvalue weighted by Gasteiger charge is 2.02. The first-order valence-corrected chi connectivity index (χ1v) is 5.48. The maximum absolute atomic E-state index is 10.6. The number of carboxylic acids is 1. The highest BCUT2D eigenvalue weighted by molar-refractivity contribution is 5.93. The lowest BCUT2D eigenvalue weighted by atomic mass is 10.2. The molecule has 0 aliphatic heterocycles. The van der Waals surface area contributed by atoms with Crippen molar-refractivity contribution in [1.82, 2.24) is 4.98 Å². The summed E-state index contributed by atoms with van der Waals surface area (Å²) in [6.45, 7) is 3.65. The second kappa shape index (κ2) is 6.44. The number of carbonyl (C=O) groups is 2. The SMILES string of the molecule is CCOC(C)=O.O=C(O)c1ccc2cc[nH]c2c1. The molecule has 18 heavy (non-hydrogen) atoms. The quantitative estimate of drug-likeness (QED) is 0.801. The minimum atomic E-state index is -0.897. The molecular weight excluding hydrogens is 234 g/mol. The number of rotatable bonds is 2. The van der Waals surface area contributed by atoms with E-state index in [9.17, 15) is 9.59 Å². The Labute approximate surface area is 104 Å². The molecule has 5 heteroatoms. The molecule has 2 rings (SSSR count). The first-order chi connectivity index (χ1) is 8.54. The minimum absolute atomic E-state index is 0.211. The molecular formula is C13H15NO4. The van der Waals surface area contributed by atoms with Gasteiger partial charge in [-0.3, -0.25) is 4.79 Å². The predicted octanol–water partition coefficient (Wildman–Crippen LogP) is 2.44. The fraction of sp³-hybridized carbons (Fsp3) is 0.231. The van der Waals surface area contributed by atoms with Crippen molar-refractivity contribution in [3.63, 3.8) is 0 Å². The van der Waals surface area contributed by atoms with Gasteiger partial charge in [0.1, 0.15) is 0 Å². The Balaban J connectivity index is 0.000000232. The lowest BCUT2D eigenvalue weighted by Gasteiger charge is -1.93. The van der Waals surface area contributed by atoms with E-state index in [0.717, 1.165) is 10.9 Å². The Kier molecular flexibility index (Phi) is 4.92. The minimum Gasteiger partial charge on any atom is -0.478 e. The zero-order valence-corrected chi connectivity index (χ0v) is 10.3. The zero-order valence-electron chi connectivity index (χ0n) is 10.3. The van der Waals surface area contributed by atoms with Crippen LogP contribution in [0.1, 0.15) is 24.2 Å². The van der Waals surface area contributed by atoms with Gasteiger partial charge in [0.2, 0.25) is 0 Å². The highest BCUT2D eigenvalue weighted by Crippen LogP contribution is 2.13. The van der Waals surface area contributed by atoms with E-state index in [4.69, 9.17) is 5.11 Å². The van der Waals surface area contributed by atoms with Gasteiger partial charge >= 0.3 is 11.9 Å². The van der Waals surface area contributed by atoms with Gasteiger partial charge in [-0.2, -0.15) is 0 Å². The van der Waals surface area contributed by atoms with Crippen molar-refractivity contribution in [2.24, 2.45) is 0 Å². The van der Waals surface area contributed by atoms with Gasteiger partial charge in [0.15, 0.2) is 0 Å². The number of H-pyrrole nitrogens is 1. The summed E-state index contributed by atoms with van der Waals surface area (Å²) in [5.74, 6) is -1.11. The Bertz CT molecular complexity index is 545. The predicted molar refractivity (Wildman–Crippen MR) is 67.6 cm³/mol. The zero-order chi connectivity index (χ0) is 13.5. The second-order valence-corrected chi connectivity index (χ2v) is 3.51. The van der Waals surface area contributed by atoms with E-state index in [1.165, 1.54) is 6.92 Å². The Morgan fingerprint density at radius 1 is 1.33 bits per heavy atom. The number of aromatic amines is 1. The summed E-state index contributed by atoms with van der Waals surface area (Å²) in [4.78, 5) is 23.3. The Hall–Kier alpha value is -2.30. The van der Waals surface area contributed by atoms with Crippen LogP contribution in [0, 0.1) is 0 Å². The molecule has 0 amide bonds. The van der Waals surface area contributed by atoms with Crippen molar-refractivity contribution >= 4 is 22.8 Å². The third-order valence-electron chi connectivity index (χ3n) is 2.15. The lowest BCUT2D eigenvalue weighted by Crippen LogP contribution is -1.95. The number of fused-ring (bicyclic) bond motifs is 1. The van der Waals surface area contributed by atoms with Gasteiger partial charge in [0.05, 0.1) is 12.2 Å². The van der Waals surface area contributed by atoms with Crippen molar-refractivity contribution < 1.29 is 19.4 Å². The van der Waals surface area contributed by atoms with Crippen molar-refractivity contribution in [3.05, 3.63) is 36.0 Å². The molecule has 96 valence electrons. The van der Waals surface area contributed by atoms with Crippen LogP contribution in [0.25, 0.3) is 10.9 Å². The number of aromatic nitrogens is 1. The lowest BCUT2D eigenvalue weighted by molar-refractivity contribution is -0.140. The molecule has 2 aromatic rings. The molecule has 0 unspecified atom stereocenters. The summed E-state index contributed by atoms with van der Waals surface area (Å²) in [5.41, 5.74) is 1.17. The first kappa shape index (κ1) is 13.8. The fourth-order valence-electron chi connectivity index (χ4n) is 1.38. The van der Waals surface area contributed by atoms with Gasteiger partial charge in [-0.15, -0.1) is 0 Å². The molecule has 5 nitrogen and oxygen atoms in total. The van der Waals surface area contributed by atoms with Crippen LogP contribution in [-0.4, -0.2) is 28.6 Å². The Morgan fingerprint density at radius 2 is 2.06 bits per heavy atom. The summed E-state index contributed by atoms with van der Waals surface area (Å²) in [6, 6.07) is 6.91. The van der Waals surface area contributed by atoms with E-state index < -0.39 is 5.97 Å². The van der Waals surface area contributed by atoms with Gasteiger partial charge in [0.25, 0.3) is 0 Å². The van der Waals surface area contributed by atoms with Crippen molar-refractivity contribution in [1.29, 1.82) is 0 Å². The molecule has 0 saturated heterocycles. The van der Waals surface area contributed by atoms with E-state index in [2.05, 4.69) is 9.72 Å². The molecule has 0 atom stereocenters. The molecule has 0 fully saturated rings. The number of hydrogen-bond donors (Lipinski definition) is 2. The van der Waals surface area contributed by atoms with Crippen molar-refractivity contribution in [2.45, 2.75) is 13.8 Å². The molecule has 0 saturated carbocycles. The molecule has 1 aromatic heterocycles. The van der Waals surface area contributed by atoms with Crippen LogP contribution < -0.4 is 0 Å². The highest BCUT2D eigenvalue weighted by atomic mass is 16.5. The fourth-order valence-corrected chi connectivity index (χ4v) is 1.38. The van der Waals surface area contributed by atoms with Crippen molar-refractivity contribution in [3.8, 4) is 0 Å². The van der Waals surface area contributed by atoms with E-state index >= 15 is 0 Å². The molecule has 0 radical (unpaired) electrons. The largest absolute Gasteiger partial charge is 0.478 e. The number of aromatic carboxylic acids is 1. The number of benzene rings is 1. The standard InChI is InChI=1S/C9H7NO2.C4H8O2/c11-9(12)7-2-1-6-3-4-10-8(6)5-7;1-3-6-4(2)5/h1-5,10H,(H,11,12);3H2,1-2H3. The van der Waals surface area contributed by atoms with Crippen LogP contribution in [0.3, 0.4) is 0 Å². The molecule has 0 aliphatic carbocycles. The summed E-state index contributed by atoms with van der Waals surface area (Å²) in [5, 5.41) is 9.70. The van der Waals surface area contributed by atoms with Gasteiger partial charge in [-0.05, 0) is 30.5 Å². The molecule has 0 aliphatic rings. The summed E-state index contributed by atoms with van der Waals surface area (Å²) < 4.78 is 4.40. The van der Waals surface area contributed by atoms with Gasteiger partial charge in [-0.25, -0.2) is 4.79 Å². The van der Waals surface area contributed by atoms with Gasteiger partial charge in [-0.1, -0.05) is 6.07 Å². The smallest absolute Gasteiger partial charge is 0.335 e. The van der Waals surface area contributed by atoms with Gasteiger partial charge in [0, 0.05) is 18.6 Å². The molecule has 0 bridgehead atoms. The monoisotopic (exact) mass is 249 g/mol. The summed E-state index contributed by atoms with van der Waals surface area (Å²) >= 11 is 0.